The zero-order valence-electron chi connectivity index (χ0n) is 6.02. The molecule has 5 nitrogen and oxygen atoms in total. The van der Waals surface area contributed by atoms with Gasteiger partial charge in [0.05, 0.1) is 6.61 Å². The van der Waals surface area contributed by atoms with Crippen LogP contribution < -0.4 is 24.8 Å². The molecule has 70 valence electrons. The predicted octanol–water partition coefficient (Wildman–Crippen LogP) is -8.59. The monoisotopic (exact) mass is 246 g/mol. The van der Waals surface area contributed by atoms with E-state index in [9.17, 15) is 4.79 Å². The Kier molecular flexibility index (Phi) is 23.6. The standard InChI is InChI=1S/C4H8O5.Ca.2ClH/c5-1-2(6)3(7)4(8)9;;;/h2-3,5-7H,1H2,(H,8,9);;2*1H/q;+2;;/p-2. The van der Waals surface area contributed by atoms with Crippen molar-refractivity contribution in [1.82, 2.24) is 0 Å². The van der Waals surface area contributed by atoms with Crippen LogP contribution in [0.25, 0.3) is 0 Å². The Labute approximate surface area is 112 Å². The Balaban J connectivity index is -0.000000107. The van der Waals surface area contributed by atoms with E-state index in [-0.39, 0.29) is 62.6 Å². The summed E-state index contributed by atoms with van der Waals surface area (Å²) in [5.74, 6) is -1.54. The van der Waals surface area contributed by atoms with E-state index in [0.717, 1.165) is 0 Å². The number of aliphatic hydroxyl groups is 3. The molecule has 2 atom stereocenters. The van der Waals surface area contributed by atoms with Gasteiger partial charge < -0.3 is 45.2 Å². The second kappa shape index (κ2) is 12.2. The number of hydrogen-bond donors (Lipinski definition) is 4. The fraction of sp³-hybridized carbons (Fsp3) is 0.750. The first-order valence-electron chi connectivity index (χ1n) is 2.29. The van der Waals surface area contributed by atoms with E-state index in [1.54, 1.807) is 0 Å². The number of halogens is 2. The summed E-state index contributed by atoms with van der Waals surface area (Å²) in [7, 11) is 0. The van der Waals surface area contributed by atoms with Gasteiger partial charge in [-0.2, -0.15) is 0 Å². The maximum absolute atomic E-state index is 9.78. The molecule has 0 aromatic heterocycles. The Morgan fingerprint density at radius 1 is 1.25 bits per heavy atom. The van der Waals surface area contributed by atoms with Crippen molar-refractivity contribution in [3.05, 3.63) is 0 Å². The Bertz CT molecular complexity index is 114. The van der Waals surface area contributed by atoms with Gasteiger partial charge in [-0.25, -0.2) is 4.79 Å². The van der Waals surface area contributed by atoms with Crippen LogP contribution >= 0.6 is 0 Å². The second-order valence-corrected chi connectivity index (χ2v) is 1.53. The summed E-state index contributed by atoms with van der Waals surface area (Å²) in [6.07, 6.45) is -3.49. The minimum Gasteiger partial charge on any atom is -1.00 e. The first-order valence-corrected chi connectivity index (χ1v) is 2.29. The van der Waals surface area contributed by atoms with Crippen LogP contribution in [0.5, 0.6) is 0 Å². The molecule has 0 saturated carbocycles. The zero-order chi connectivity index (χ0) is 7.44. The van der Waals surface area contributed by atoms with Crippen molar-refractivity contribution in [3.8, 4) is 0 Å². The molecule has 0 rings (SSSR count). The molecule has 4 N–H and O–H groups in total. The van der Waals surface area contributed by atoms with Crippen LogP contribution in [0.3, 0.4) is 0 Å². The van der Waals surface area contributed by atoms with Crippen molar-refractivity contribution >= 4 is 43.7 Å². The van der Waals surface area contributed by atoms with Crippen molar-refractivity contribution in [2.24, 2.45) is 0 Å². The van der Waals surface area contributed by atoms with Gasteiger partial charge in [-0.1, -0.05) is 0 Å². The van der Waals surface area contributed by atoms with E-state index in [1.807, 2.05) is 0 Å². The molecule has 12 heavy (non-hydrogen) atoms. The Morgan fingerprint density at radius 2 is 1.58 bits per heavy atom. The number of carbonyl (C=O) groups is 1. The Morgan fingerprint density at radius 3 is 1.67 bits per heavy atom. The SMILES string of the molecule is O=C(O)C(O)C(O)CO.[Ca+2].[Cl-].[Cl-]. The third-order valence-corrected chi connectivity index (χ3v) is 0.805. The third-order valence-electron chi connectivity index (χ3n) is 0.805. The molecule has 0 bridgehead atoms. The average molecular weight is 247 g/mol. The van der Waals surface area contributed by atoms with Crippen LogP contribution in [-0.4, -0.2) is 82.9 Å². The third kappa shape index (κ3) is 9.28. The van der Waals surface area contributed by atoms with Crippen LogP contribution in [0.15, 0.2) is 0 Å². The first-order chi connectivity index (χ1) is 4.09. The van der Waals surface area contributed by atoms with Crippen LogP contribution in [0.4, 0.5) is 0 Å². The molecule has 2 unspecified atom stereocenters. The topological polar surface area (TPSA) is 98.0 Å². The minimum absolute atomic E-state index is 0. The van der Waals surface area contributed by atoms with Gasteiger partial charge in [0.15, 0.2) is 6.10 Å². The summed E-state index contributed by atoms with van der Waals surface area (Å²) >= 11 is 0. The van der Waals surface area contributed by atoms with Gasteiger partial charge in [0.2, 0.25) is 0 Å². The summed E-state index contributed by atoms with van der Waals surface area (Å²) in [6.45, 7) is -0.756. The summed E-state index contributed by atoms with van der Waals surface area (Å²) in [5, 5.41) is 32.8. The maximum Gasteiger partial charge on any atom is 2.00 e. The van der Waals surface area contributed by atoms with Gasteiger partial charge >= 0.3 is 43.7 Å². The van der Waals surface area contributed by atoms with Gasteiger partial charge in [0, 0.05) is 0 Å². The summed E-state index contributed by atoms with van der Waals surface area (Å²) < 4.78 is 0. The van der Waals surface area contributed by atoms with E-state index in [0.29, 0.717) is 0 Å². The smallest absolute Gasteiger partial charge is 1.00 e. The number of aliphatic carboxylic acids is 1. The molecule has 0 saturated heterocycles. The largest absolute Gasteiger partial charge is 2.00 e. The molecular weight excluding hydrogens is 239 g/mol. The van der Waals surface area contributed by atoms with Crippen molar-refractivity contribution in [2.45, 2.75) is 12.2 Å². The van der Waals surface area contributed by atoms with Crippen molar-refractivity contribution in [2.75, 3.05) is 6.61 Å². The first kappa shape index (κ1) is 23.2. The number of hydrogen-bond acceptors (Lipinski definition) is 4. The normalized spacial score (nSPS) is 12.6. The van der Waals surface area contributed by atoms with E-state index >= 15 is 0 Å². The molecule has 0 fully saturated rings. The van der Waals surface area contributed by atoms with Crippen LogP contribution in [0.1, 0.15) is 0 Å². The van der Waals surface area contributed by atoms with Gasteiger partial charge in [-0.05, 0) is 0 Å². The van der Waals surface area contributed by atoms with E-state index in [2.05, 4.69) is 0 Å². The van der Waals surface area contributed by atoms with Gasteiger partial charge in [0.25, 0.3) is 0 Å². The van der Waals surface area contributed by atoms with E-state index < -0.39 is 24.8 Å². The van der Waals surface area contributed by atoms with Crippen molar-refractivity contribution in [1.29, 1.82) is 0 Å². The number of carboxylic acid groups (broad SMARTS) is 1. The number of rotatable bonds is 3. The van der Waals surface area contributed by atoms with E-state index in [1.165, 1.54) is 0 Å². The number of carboxylic acids is 1. The van der Waals surface area contributed by atoms with Gasteiger partial charge in [-0.15, -0.1) is 0 Å². The average Bonchev–Trinajstić information content (AvgIpc) is 1.84. The van der Waals surface area contributed by atoms with Gasteiger partial charge in [-0.3, -0.25) is 0 Å². The van der Waals surface area contributed by atoms with Crippen LogP contribution in [0, 0.1) is 0 Å². The maximum atomic E-state index is 9.78. The molecule has 0 heterocycles. The van der Waals surface area contributed by atoms with Crippen molar-refractivity contribution in [3.63, 3.8) is 0 Å². The zero-order valence-corrected chi connectivity index (χ0v) is 9.74. The van der Waals surface area contributed by atoms with Crippen LogP contribution in [-0.2, 0) is 4.79 Å². The molecule has 0 aliphatic carbocycles. The quantitative estimate of drug-likeness (QED) is 0.371. The minimum atomic E-state index is -1.89. The second-order valence-electron chi connectivity index (χ2n) is 1.53. The fourth-order valence-electron chi connectivity index (χ4n) is 0.264. The molecule has 0 aliphatic heterocycles. The molecular formula is C4H8CaCl2O5. The molecule has 0 amide bonds. The summed E-state index contributed by atoms with van der Waals surface area (Å²) in [4.78, 5) is 9.78. The fourth-order valence-corrected chi connectivity index (χ4v) is 0.264. The summed E-state index contributed by atoms with van der Waals surface area (Å²) in [6, 6.07) is 0. The van der Waals surface area contributed by atoms with Crippen molar-refractivity contribution < 1.29 is 50.0 Å². The predicted molar refractivity (Wildman–Crippen MR) is 32.5 cm³/mol. The molecule has 0 aliphatic rings. The molecule has 0 aromatic rings. The molecule has 0 spiro atoms. The number of aliphatic hydroxyl groups excluding tert-OH is 3. The van der Waals surface area contributed by atoms with E-state index in [4.69, 9.17) is 20.4 Å². The van der Waals surface area contributed by atoms with Crippen LogP contribution in [0.2, 0.25) is 0 Å². The molecule has 0 radical (unpaired) electrons. The molecule has 8 heteroatoms. The Hall–Kier alpha value is 1.19. The van der Waals surface area contributed by atoms with Gasteiger partial charge in [0.1, 0.15) is 6.10 Å². The molecule has 0 aromatic carbocycles. The summed E-state index contributed by atoms with van der Waals surface area (Å²) in [5.41, 5.74) is 0.